The fraction of sp³-hybridized carbons (Fsp3) is 1.00. The van der Waals surface area contributed by atoms with Gasteiger partial charge in [-0.1, -0.05) is 27.7 Å². The molecule has 11 rings (SSSR count). The van der Waals surface area contributed by atoms with Crippen LogP contribution >= 0.6 is 0 Å². The number of hydrogen-bond donors (Lipinski definition) is 16. The Morgan fingerprint density at radius 2 is 1.01 bits per heavy atom. The van der Waals surface area contributed by atoms with Crippen molar-refractivity contribution >= 4 is 0 Å². The summed E-state index contributed by atoms with van der Waals surface area (Å²) in [7, 11) is 0. The minimum absolute atomic E-state index is 0.0462. The fourth-order valence-corrected chi connectivity index (χ4v) is 17.3. The summed E-state index contributed by atoms with van der Waals surface area (Å²) in [5, 5.41) is 175. The average molecular weight is 1210 g/mol. The summed E-state index contributed by atoms with van der Waals surface area (Å²) in [6.07, 6.45) is -37.7. The molecule has 28 heteroatoms. The van der Waals surface area contributed by atoms with Crippen molar-refractivity contribution in [1.82, 2.24) is 0 Å². The zero-order valence-electron chi connectivity index (χ0n) is 47.8. The van der Waals surface area contributed by atoms with Gasteiger partial charge >= 0.3 is 0 Å². The quantitative estimate of drug-likeness (QED) is 0.0722. The zero-order chi connectivity index (χ0) is 60.2. The molecule has 4 saturated carbocycles. The lowest BCUT2D eigenvalue weighted by atomic mass is 9.43. The molecule has 16 N–H and O–H groups in total. The Balaban J connectivity index is 0.783. The van der Waals surface area contributed by atoms with E-state index >= 15 is 0 Å². The minimum Gasteiger partial charge on any atom is -0.394 e. The average Bonchev–Trinajstić information content (AvgIpc) is 1.55. The van der Waals surface area contributed by atoms with Crippen LogP contribution in [0.3, 0.4) is 0 Å². The van der Waals surface area contributed by atoms with Crippen molar-refractivity contribution in [2.24, 2.45) is 52.3 Å². The van der Waals surface area contributed by atoms with E-state index in [4.69, 9.17) is 56.8 Å². The highest BCUT2D eigenvalue weighted by atomic mass is 16.8. The highest BCUT2D eigenvalue weighted by molar-refractivity contribution is 5.16. The van der Waals surface area contributed by atoms with Gasteiger partial charge in [-0.15, -0.1) is 0 Å². The summed E-state index contributed by atoms with van der Waals surface area (Å²) in [5.41, 5.74) is -0.182. The lowest BCUT2D eigenvalue weighted by Gasteiger charge is -2.62. The molecule has 28 nitrogen and oxygen atoms in total. The van der Waals surface area contributed by atoms with Gasteiger partial charge in [0.2, 0.25) is 0 Å². The van der Waals surface area contributed by atoms with Gasteiger partial charge in [-0.05, 0) is 97.7 Å². The van der Waals surface area contributed by atoms with Crippen molar-refractivity contribution in [3.8, 4) is 0 Å². The molecule has 4 aliphatic carbocycles. The molecule has 7 aliphatic heterocycles. The summed E-state index contributed by atoms with van der Waals surface area (Å²) >= 11 is 0. The Hall–Kier alpha value is -1.12. The van der Waals surface area contributed by atoms with E-state index in [1.807, 2.05) is 0 Å². The van der Waals surface area contributed by atoms with E-state index in [-0.39, 0.29) is 28.8 Å². The van der Waals surface area contributed by atoms with Crippen molar-refractivity contribution in [3.05, 3.63) is 0 Å². The Morgan fingerprint density at radius 3 is 1.67 bits per heavy atom. The second kappa shape index (κ2) is 25.2. The molecule has 484 valence electrons. The van der Waals surface area contributed by atoms with Gasteiger partial charge in [0.1, 0.15) is 116 Å². The maximum atomic E-state index is 12.2. The van der Waals surface area contributed by atoms with Crippen LogP contribution in [0.2, 0.25) is 0 Å². The molecular weight excluding hydrogens is 1120 g/mol. The van der Waals surface area contributed by atoms with Crippen LogP contribution in [-0.2, 0) is 56.8 Å². The number of rotatable bonds is 14. The predicted molar refractivity (Wildman–Crippen MR) is 276 cm³/mol. The molecule has 0 unspecified atom stereocenters. The van der Waals surface area contributed by atoms with Gasteiger partial charge in [0.25, 0.3) is 0 Å². The van der Waals surface area contributed by atoms with Crippen LogP contribution in [0.25, 0.3) is 0 Å². The van der Waals surface area contributed by atoms with E-state index in [9.17, 15) is 81.7 Å². The Bertz CT molecular complexity index is 2180. The van der Waals surface area contributed by atoms with Gasteiger partial charge in [0.15, 0.2) is 37.2 Å². The first-order valence-electron chi connectivity index (χ1n) is 30.3. The maximum absolute atomic E-state index is 12.2. The van der Waals surface area contributed by atoms with Crippen LogP contribution in [0, 0.1) is 52.3 Å². The lowest BCUT2D eigenvalue weighted by molar-refractivity contribution is -0.400. The Kier molecular flexibility index (Phi) is 19.3. The third kappa shape index (κ3) is 11.3. The number of ether oxygens (including phenoxy) is 12. The van der Waals surface area contributed by atoms with E-state index in [0.29, 0.717) is 61.9 Å². The molecular formula is C56H92O28. The fourth-order valence-electron chi connectivity index (χ4n) is 17.3. The predicted octanol–water partition coefficient (Wildman–Crippen LogP) is -5.48. The van der Waals surface area contributed by atoms with E-state index in [1.54, 1.807) is 0 Å². The van der Waals surface area contributed by atoms with Crippen LogP contribution in [0.1, 0.15) is 85.5 Å². The first-order valence-corrected chi connectivity index (χ1v) is 30.3. The molecule has 0 aromatic heterocycles. The number of aliphatic hydroxyl groups is 16. The van der Waals surface area contributed by atoms with Crippen molar-refractivity contribution in [3.63, 3.8) is 0 Å². The van der Waals surface area contributed by atoms with Gasteiger partial charge in [0.05, 0.1) is 58.0 Å². The van der Waals surface area contributed by atoms with Gasteiger partial charge in [-0.25, -0.2) is 0 Å². The number of fused-ring (bicyclic) bond motifs is 7. The van der Waals surface area contributed by atoms with Gasteiger partial charge in [-0.3, -0.25) is 0 Å². The highest BCUT2D eigenvalue weighted by Gasteiger charge is 2.70. The van der Waals surface area contributed by atoms with Crippen molar-refractivity contribution < 1.29 is 139 Å². The van der Waals surface area contributed by atoms with Crippen molar-refractivity contribution in [2.45, 2.75) is 257 Å². The van der Waals surface area contributed by atoms with Crippen LogP contribution in [0.4, 0.5) is 0 Å². The molecule has 7 heterocycles. The monoisotopic (exact) mass is 1210 g/mol. The smallest absolute Gasteiger partial charge is 0.187 e. The summed E-state index contributed by atoms with van der Waals surface area (Å²) < 4.78 is 73.0. The molecule has 0 bridgehead atoms. The molecule has 1 spiro atoms. The molecule has 84 heavy (non-hydrogen) atoms. The first-order chi connectivity index (χ1) is 39.9. The lowest BCUT2D eigenvalue weighted by Crippen LogP contribution is -2.68. The molecule has 0 radical (unpaired) electrons. The van der Waals surface area contributed by atoms with E-state index in [2.05, 4.69) is 27.7 Å². The number of hydrogen-bond acceptors (Lipinski definition) is 28. The van der Waals surface area contributed by atoms with Crippen LogP contribution in [0.15, 0.2) is 0 Å². The number of aliphatic hydroxyl groups excluding tert-OH is 16. The van der Waals surface area contributed by atoms with E-state index in [0.717, 1.165) is 32.1 Å². The van der Waals surface area contributed by atoms with E-state index in [1.165, 1.54) is 0 Å². The molecule has 7 saturated heterocycles. The largest absolute Gasteiger partial charge is 0.394 e. The topological polar surface area (TPSA) is 434 Å². The summed E-state index contributed by atoms with van der Waals surface area (Å²) in [6, 6.07) is 0. The molecule has 0 aromatic rings. The molecule has 0 aromatic carbocycles. The zero-order valence-corrected chi connectivity index (χ0v) is 47.8. The van der Waals surface area contributed by atoms with Crippen molar-refractivity contribution in [2.75, 3.05) is 39.6 Å². The van der Waals surface area contributed by atoms with Gasteiger partial charge in [0, 0.05) is 12.3 Å². The van der Waals surface area contributed by atoms with Gasteiger partial charge < -0.3 is 139 Å². The third-order valence-corrected chi connectivity index (χ3v) is 22.1. The maximum Gasteiger partial charge on any atom is 0.187 e. The molecule has 11 fully saturated rings. The van der Waals surface area contributed by atoms with Crippen molar-refractivity contribution in [1.29, 1.82) is 0 Å². The summed E-state index contributed by atoms with van der Waals surface area (Å²) in [6.45, 7) is 5.94. The normalized spacial score (nSPS) is 57.7. The molecule has 37 atom stereocenters. The first kappa shape index (κ1) is 64.4. The Labute approximate surface area is 486 Å². The standard InChI is InChI=1S/C56H92O28/c1-20-5-10-56(75-17-20)21(2)34-29(84-56)13-25-23-12-27(60)26-11-22(6-8-54(26,3)24(23)7-9-55(25,34)4)76-50-43(70)41(68)37(64)33(80-50)19-74-53-48(47(39(66)32(16-59)79-53)82-49-42(69)35(62)28(61)18-73-49)83-52-45(72)46(38(65)31(15-58)78-52)81-51-44(71)40(67)36(63)30(14-57)77-51/h20-53,57-72H,5-19H2,1-4H3/t20-,21+,22+,23-,24+,25+,26-,27-,28-,29+,30-,31-,32-,33-,34+,35+,36-,37+,38-,39-,40+,41+,42-,43-,44-,45-,46+,47+,48-,49+,50-,51+,52+,53-,54-,55+,56-/m1/s1. The van der Waals surface area contributed by atoms with Gasteiger partial charge in [-0.2, -0.15) is 0 Å². The van der Waals surface area contributed by atoms with Crippen LogP contribution < -0.4 is 0 Å². The van der Waals surface area contributed by atoms with Crippen LogP contribution in [-0.4, -0.2) is 293 Å². The summed E-state index contributed by atoms with van der Waals surface area (Å²) in [4.78, 5) is 0. The second-order valence-electron chi connectivity index (χ2n) is 26.9. The third-order valence-electron chi connectivity index (χ3n) is 22.1. The molecule has 0 amide bonds. The SMILES string of the molecule is C[C@@H]1CC[C@@]2(OC1)O[C@H]1C[C@H]3[C@@H]4C[C@@H](O)[C@H]5C[C@@H](O[C@@H]6O[C@H](CO[C@@H]7O[C@H](CO)[C@@H](O)[C@H](O[C@@H]8OC[C@@H](O)[C@H](O)[C@H]8O)[C@H]7O[C@@H]7O[C@H](CO)[C@@H](O)[C@H](O[C@@H]8O[C@H](CO)[C@@H](O)[C@H](O)[C@H]8O)[C@H]7O)[C@H](O)[C@H](O)[C@H]6O)CC[C@]5(C)[C@H]4CC[C@]3(C)[C@H]1[C@@H]2C. The Morgan fingerprint density at radius 1 is 0.452 bits per heavy atom. The second-order valence-corrected chi connectivity index (χ2v) is 26.9. The van der Waals surface area contributed by atoms with Crippen LogP contribution in [0.5, 0.6) is 0 Å². The van der Waals surface area contributed by atoms with E-state index < -0.39 is 198 Å². The summed E-state index contributed by atoms with van der Waals surface area (Å²) in [5.74, 6) is 1.48. The highest BCUT2D eigenvalue weighted by Crippen LogP contribution is 2.71. The molecule has 11 aliphatic rings. The minimum atomic E-state index is -2.16.